The predicted molar refractivity (Wildman–Crippen MR) is 120 cm³/mol. The average molecular weight is 408 g/mol. The molecule has 2 N–H and O–H groups in total. The summed E-state index contributed by atoms with van der Waals surface area (Å²) in [4.78, 5) is 13.4. The molecule has 3 aliphatic rings. The summed E-state index contributed by atoms with van der Waals surface area (Å²) in [7, 11) is 0. The van der Waals surface area contributed by atoms with E-state index in [1.165, 1.54) is 5.56 Å². The number of hydrogen-bond acceptors (Lipinski definition) is 5. The number of guanidine groups is 1. The lowest BCUT2D eigenvalue weighted by molar-refractivity contribution is 0.287. The molecule has 4 rings (SSSR count). The number of oxime groups is 1. The van der Waals surface area contributed by atoms with Crippen molar-refractivity contribution < 1.29 is 9.94 Å². The van der Waals surface area contributed by atoms with E-state index in [0.717, 1.165) is 25.1 Å². The van der Waals surface area contributed by atoms with E-state index in [9.17, 15) is 5.21 Å². The Labute approximate surface area is 177 Å². The van der Waals surface area contributed by atoms with Crippen LogP contribution in [0.4, 0.5) is 0 Å². The summed E-state index contributed by atoms with van der Waals surface area (Å²) in [5, 5.41) is 16.8. The van der Waals surface area contributed by atoms with E-state index in [4.69, 9.17) is 4.74 Å². The molecule has 4 atom stereocenters. The molecular weight excluding hydrogens is 378 g/mol. The molecule has 1 fully saturated rings. The van der Waals surface area contributed by atoms with E-state index < -0.39 is 5.41 Å². The fourth-order valence-electron chi connectivity index (χ4n) is 4.23. The topological polar surface area (TPSA) is 90.9 Å². The van der Waals surface area contributed by atoms with E-state index >= 15 is 0 Å². The van der Waals surface area contributed by atoms with Crippen LogP contribution in [-0.4, -0.2) is 54.7 Å². The Morgan fingerprint density at radius 2 is 2.13 bits per heavy atom. The first-order chi connectivity index (χ1) is 14.6. The van der Waals surface area contributed by atoms with Gasteiger partial charge in [-0.05, 0) is 43.2 Å². The Balaban J connectivity index is 1.41. The lowest BCUT2D eigenvalue weighted by Crippen LogP contribution is -2.57. The van der Waals surface area contributed by atoms with Gasteiger partial charge in [-0.3, -0.25) is 4.99 Å². The van der Waals surface area contributed by atoms with Crippen molar-refractivity contribution in [3.63, 3.8) is 0 Å². The summed E-state index contributed by atoms with van der Waals surface area (Å²) in [6.45, 7) is 5.91. The van der Waals surface area contributed by atoms with Crippen LogP contribution in [0, 0.1) is 11.3 Å². The average Bonchev–Trinajstić information content (AvgIpc) is 2.78. The molecule has 2 heterocycles. The predicted octanol–water partition coefficient (Wildman–Crippen LogP) is 3.42. The van der Waals surface area contributed by atoms with Gasteiger partial charge in [0.1, 0.15) is 6.61 Å². The SMILES string of the molecule is C[C@H]1C=CC(OCCN=C2N=CC3(C)/C(=N/O)CC(c4ccccc4)C[C@H]3N2)=NC1. The molecule has 0 bridgehead atoms. The van der Waals surface area contributed by atoms with Crippen LogP contribution in [0.3, 0.4) is 0 Å². The van der Waals surface area contributed by atoms with E-state index in [-0.39, 0.29) is 12.0 Å². The van der Waals surface area contributed by atoms with Crippen molar-refractivity contribution in [1.29, 1.82) is 0 Å². The van der Waals surface area contributed by atoms with Crippen LogP contribution < -0.4 is 5.32 Å². The fourth-order valence-corrected chi connectivity index (χ4v) is 4.23. The number of ether oxygens (including phenoxy) is 1. The van der Waals surface area contributed by atoms with Gasteiger partial charge < -0.3 is 15.3 Å². The summed E-state index contributed by atoms with van der Waals surface area (Å²) >= 11 is 0. The van der Waals surface area contributed by atoms with E-state index in [1.807, 2.05) is 30.5 Å². The van der Waals surface area contributed by atoms with Crippen LogP contribution in [0.5, 0.6) is 0 Å². The third-order valence-electron chi connectivity index (χ3n) is 6.16. The van der Waals surface area contributed by atoms with Crippen molar-refractivity contribution in [2.45, 2.75) is 38.6 Å². The van der Waals surface area contributed by atoms with Gasteiger partial charge in [0.25, 0.3) is 0 Å². The Kier molecular flexibility index (Phi) is 5.97. The van der Waals surface area contributed by atoms with Gasteiger partial charge >= 0.3 is 0 Å². The first kappa shape index (κ1) is 20.3. The molecule has 0 spiro atoms. The summed E-state index contributed by atoms with van der Waals surface area (Å²) in [6, 6.07) is 10.4. The third-order valence-corrected chi connectivity index (χ3v) is 6.16. The number of nitrogens with one attached hydrogen (secondary N) is 1. The quantitative estimate of drug-likeness (QED) is 0.455. The maximum atomic E-state index is 9.67. The van der Waals surface area contributed by atoms with Gasteiger partial charge in [-0.2, -0.15) is 0 Å². The van der Waals surface area contributed by atoms with Crippen molar-refractivity contribution in [3.05, 3.63) is 48.0 Å². The van der Waals surface area contributed by atoms with Crippen LogP contribution in [0.1, 0.15) is 38.2 Å². The standard InChI is InChI=1S/C23H29N5O2/c1-16-8-9-21(25-14-16)30-11-10-24-22-26-15-23(2)19(27-22)12-18(13-20(23)28-29)17-6-4-3-5-7-17/h3-9,15-16,18-19,29H,10-14H2,1-2H3,(H,24,27)/b28-20+/t16-,18?,19+,23?/m0/s1. The highest BCUT2D eigenvalue weighted by Crippen LogP contribution is 2.41. The van der Waals surface area contributed by atoms with Gasteiger partial charge in [-0.25, -0.2) is 9.98 Å². The summed E-state index contributed by atoms with van der Waals surface area (Å²) in [5.74, 6) is 2.03. The third kappa shape index (κ3) is 4.30. The monoisotopic (exact) mass is 407 g/mol. The zero-order chi connectivity index (χ0) is 21.0. The van der Waals surface area contributed by atoms with Crippen LogP contribution in [-0.2, 0) is 4.74 Å². The van der Waals surface area contributed by atoms with Crippen molar-refractivity contribution in [2.24, 2.45) is 31.5 Å². The summed E-state index contributed by atoms with van der Waals surface area (Å²) < 4.78 is 5.68. The number of nitrogens with zero attached hydrogens (tertiary/aromatic N) is 4. The van der Waals surface area contributed by atoms with Crippen molar-refractivity contribution >= 4 is 23.8 Å². The van der Waals surface area contributed by atoms with Gasteiger partial charge in [-0.15, -0.1) is 0 Å². The second-order valence-electron chi connectivity index (χ2n) is 8.40. The van der Waals surface area contributed by atoms with Crippen LogP contribution in [0.2, 0.25) is 0 Å². The lowest BCUT2D eigenvalue weighted by Gasteiger charge is -2.45. The zero-order valence-electron chi connectivity index (χ0n) is 17.5. The maximum Gasteiger partial charge on any atom is 0.218 e. The molecule has 0 aromatic heterocycles. The molecule has 2 aliphatic heterocycles. The van der Waals surface area contributed by atoms with Gasteiger partial charge in [-0.1, -0.05) is 48.5 Å². The second kappa shape index (κ2) is 8.81. The molecule has 1 aromatic rings. The smallest absolute Gasteiger partial charge is 0.218 e. The molecule has 0 amide bonds. The molecule has 2 unspecified atom stereocenters. The Bertz CT molecular complexity index is 905. The van der Waals surface area contributed by atoms with Crippen LogP contribution >= 0.6 is 0 Å². The molecule has 0 radical (unpaired) electrons. The van der Waals surface area contributed by atoms with Gasteiger partial charge in [0, 0.05) is 18.8 Å². The molecule has 1 aliphatic carbocycles. The first-order valence-electron chi connectivity index (χ1n) is 10.6. The number of dihydropyridines is 1. The highest BCUT2D eigenvalue weighted by atomic mass is 16.5. The molecule has 0 saturated heterocycles. The van der Waals surface area contributed by atoms with E-state index in [2.05, 4.69) is 57.5 Å². The minimum atomic E-state index is -0.423. The van der Waals surface area contributed by atoms with Crippen LogP contribution in [0.15, 0.2) is 62.6 Å². The summed E-state index contributed by atoms with van der Waals surface area (Å²) in [5.41, 5.74) is 1.59. The molecular formula is C23H29N5O2. The van der Waals surface area contributed by atoms with E-state index in [1.54, 1.807) is 0 Å². The van der Waals surface area contributed by atoms with Crippen LogP contribution in [0.25, 0.3) is 0 Å². The highest BCUT2D eigenvalue weighted by molar-refractivity contribution is 6.09. The number of aliphatic imine (C=N–C) groups is 3. The number of hydrogen-bond donors (Lipinski definition) is 2. The molecule has 30 heavy (non-hydrogen) atoms. The van der Waals surface area contributed by atoms with E-state index in [0.29, 0.717) is 30.9 Å². The minimum Gasteiger partial charge on any atom is -0.476 e. The molecule has 7 nitrogen and oxygen atoms in total. The lowest BCUT2D eigenvalue weighted by atomic mass is 9.65. The fraction of sp³-hybridized carbons (Fsp3) is 0.478. The largest absolute Gasteiger partial charge is 0.476 e. The maximum absolute atomic E-state index is 9.67. The van der Waals surface area contributed by atoms with Crippen molar-refractivity contribution in [1.82, 2.24) is 5.32 Å². The normalized spacial score (nSPS) is 33.1. The Morgan fingerprint density at radius 1 is 1.30 bits per heavy atom. The Morgan fingerprint density at radius 3 is 2.87 bits per heavy atom. The zero-order valence-corrected chi connectivity index (χ0v) is 17.5. The summed E-state index contributed by atoms with van der Waals surface area (Å²) in [6.07, 6.45) is 7.54. The molecule has 1 saturated carbocycles. The van der Waals surface area contributed by atoms with Crippen molar-refractivity contribution in [3.8, 4) is 0 Å². The van der Waals surface area contributed by atoms with Gasteiger partial charge in [0.15, 0.2) is 0 Å². The molecule has 7 heteroatoms. The van der Waals surface area contributed by atoms with Gasteiger partial charge in [0.2, 0.25) is 11.9 Å². The van der Waals surface area contributed by atoms with Crippen molar-refractivity contribution in [2.75, 3.05) is 19.7 Å². The Hall–Kier alpha value is -2.96. The highest BCUT2D eigenvalue weighted by Gasteiger charge is 2.46. The second-order valence-corrected chi connectivity index (χ2v) is 8.40. The number of fused-ring (bicyclic) bond motifs is 1. The number of benzene rings is 1. The number of rotatable bonds is 4. The first-order valence-corrected chi connectivity index (χ1v) is 10.6. The van der Waals surface area contributed by atoms with Gasteiger partial charge in [0.05, 0.1) is 17.7 Å². The minimum absolute atomic E-state index is 0.0617. The molecule has 1 aromatic carbocycles. The molecule has 158 valence electrons.